The molecule has 2 N–H and O–H groups in total. The Balaban J connectivity index is 1.96. The zero-order valence-electron chi connectivity index (χ0n) is 16.8. The quantitative estimate of drug-likeness (QED) is 0.306. The van der Waals surface area contributed by atoms with E-state index in [-0.39, 0.29) is 27.1 Å². The number of aliphatic hydroxyl groups excluding tert-OH is 1. The number of ether oxygens (including phenoxy) is 1. The van der Waals surface area contributed by atoms with Crippen LogP contribution in [0, 0.1) is 0 Å². The maximum absolute atomic E-state index is 13.1. The van der Waals surface area contributed by atoms with Crippen LogP contribution in [-0.4, -0.2) is 29.0 Å². The van der Waals surface area contributed by atoms with Crippen LogP contribution in [0.3, 0.4) is 0 Å². The van der Waals surface area contributed by atoms with E-state index < -0.39 is 17.7 Å². The molecule has 32 heavy (non-hydrogen) atoms. The molecule has 6 nitrogen and oxygen atoms in total. The standard InChI is InChI=1S/C24H17Cl2NO5/c1-32-19-4-2-3-14(9-19)22(29)20-21(13-5-7-18(28)8-6-13)27(24(31)23(20)30)17-11-15(25)10-16(26)12-17/h2-12,21,28-29H,1H3/b22-20+. The molecule has 1 aliphatic rings. The first-order chi connectivity index (χ1) is 15.3. The lowest BCUT2D eigenvalue weighted by Crippen LogP contribution is -2.29. The summed E-state index contributed by atoms with van der Waals surface area (Å²) < 4.78 is 5.20. The number of Topliss-reactive ketones (excluding diaryl/α,β-unsaturated/α-hetero) is 1. The number of carbonyl (C=O) groups is 2. The van der Waals surface area contributed by atoms with Crippen LogP contribution in [0.1, 0.15) is 17.2 Å². The number of hydrogen-bond acceptors (Lipinski definition) is 5. The molecule has 3 aromatic rings. The maximum atomic E-state index is 13.1. The van der Waals surface area contributed by atoms with Crippen molar-refractivity contribution in [3.05, 3.63) is 93.5 Å². The second-order valence-corrected chi connectivity index (χ2v) is 7.99. The van der Waals surface area contributed by atoms with Crippen LogP contribution in [0.25, 0.3) is 5.76 Å². The molecule has 1 amide bonds. The molecule has 1 saturated heterocycles. The molecule has 1 aliphatic heterocycles. The molecule has 8 heteroatoms. The van der Waals surface area contributed by atoms with Crippen molar-refractivity contribution in [3.8, 4) is 11.5 Å². The first kappa shape index (κ1) is 21.7. The van der Waals surface area contributed by atoms with Gasteiger partial charge in [-0.05, 0) is 48.0 Å². The second kappa shape index (κ2) is 8.57. The number of phenols is 1. The molecule has 162 valence electrons. The van der Waals surface area contributed by atoms with Gasteiger partial charge in [-0.1, -0.05) is 47.5 Å². The number of phenolic OH excluding ortho intramolecular Hbond substituents is 1. The summed E-state index contributed by atoms with van der Waals surface area (Å²) in [6.07, 6.45) is 0. The largest absolute Gasteiger partial charge is 0.508 e. The first-order valence-electron chi connectivity index (χ1n) is 9.50. The summed E-state index contributed by atoms with van der Waals surface area (Å²) >= 11 is 12.3. The van der Waals surface area contributed by atoms with Gasteiger partial charge in [0.05, 0.1) is 18.7 Å². The fraction of sp³-hybridized carbons (Fsp3) is 0.0833. The first-order valence-corrected chi connectivity index (χ1v) is 10.3. The fourth-order valence-electron chi connectivity index (χ4n) is 3.68. The summed E-state index contributed by atoms with van der Waals surface area (Å²) in [4.78, 5) is 27.5. The third kappa shape index (κ3) is 3.90. The van der Waals surface area contributed by atoms with E-state index >= 15 is 0 Å². The molecular formula is C24H17Cl2NO5. The van der Waals surface area contributed by atoms with Crippen molar-refractivity contribution in [2.75, 3.05) is 12.0 Å². The number of carbonyl (C=O) groups excluding carboxylic acids is 2. The van der Waals surface area contributed by atoms with E-state index in [0.717, 1.165) is 0 Å². The van der Waals surface area contributed by atoms with Gasteiger partial charge in [0.2, 0.25) is 0 Å². The van der Waals surface area contributed by atoms with Crippen LogP contribution in [0.2, 0.25) is 10.0 Å². The van der Waals surface area contributed by atoms with Crippen LogP contribution >= 0.6 is 23.2 Å². The Morgan fingerprint density at radius 2 is 1.62 bits per heavy atom. The maximum Gasteiger partial charge on any atom is 0.300 e. The summed E-state index contributed by atoms with van der Waals surface area (Å²) in [5, 5.41) is 21.4. The Hall–Kier alpha value is -3.48. The summed E-state index contributed by atoms with van der Waals surface area (Å²) in [5.41, 5.74) is 1.01. The predicted octanol–water partition coefficient (Wildman–Crippen LogP) is 5.33. The zero-order valence-corrected chi connectivity index (χ0v) is 18.3. The van der Waals surface area contributed by atoms with E-state index in [1.165, 1.54) is 42.3 Å². The van der Waals surface area contributed by atoms with Gasteiger partial charge in [0, 0.05) is 21.3 Å². The van der Waals surface area contributed by atoms with Crippen molar-refractivity contribution in [3.63, 3.8) is 0 Å². The lowest BCUT2D eigenvalue weighted by molar-refractivity contribution is -0.132. The van der Waals surface area contributed by atoms with Gasteiger partial charge in [-0.2, -0.15) is 0 Å². The smallest absolute Gasteiger partial charge is 0.300 e. The van der Waals surface area contributed by atoms with Crippen molar-refractivity contribution >= 4 is 46.3 Å². The number of rotatable bonds is 4. The van der Waals surface area contributed by atoms with E-state index in [1.54, 1.807) is 36.4 Å². The van der Waals surface area contributed by atoms with Crippen molar-refractivity contribution in [2.24, 2.45) is 0 Å². The summed E-state index contributed by atoms with van der Waals surface area (Å²) in [6, 6.07) is 16.1. The van der Waals surface area contributed by atoms with Gasteiger partial charge in [0.1, 0.15) is 17.3 Å². The zero-order chi connectivity index (χ0) is 23.0. The summed E-state index contributed by atoms with van der Waals surface area (Å²) in [6.45, 7) is 0. The normalized spacial score (nSPS) is 17.6. The van der Waals surface area contributed by atoms with Gasteiger partial charge in [-0.25, -0.2) is 0 Å². The van der Waals surface area contributed by atoms with E-state index in [0.29, 0.717) is 22.6 Å². The highest BCUT2D eigenvalue weighted by molar-refractivity contribution is 6.52. The average molecular weight is 470 g/mol. The van der Waals surface area contributed by atoms with Crippen molar-refractivity contribution in [2.45, 2.75) is 6.04 Å². The Morgan fingerprint density at radius 1 is 0.969 bits per heavy atom. The fourth-order valence-corrected chi connectivity index (χ4v) is 4.19. The number of amides is 1. The Bertz CT molecular complexity index is 1230. The van der Waals surface area contributed by atoms with Gasteiger partial charge >= 0.3 is 0 Å². The molecule has 1 unspecified atom stereocenters. The number of hydrogen-bond donors (Lipinski definition) is 2. The molecule has 1 heterocycles. The molecular weight excluding hydrogens is 453 g/mol. The van der Waals surface area contributed by atoms with E-state index in [2.05, 4.69) is 0 Å². The topological polar surface area (TPSA) is 87.1 Å². The van der Waals surface area contributed by atoms with Crippen LogP contribution < -0.4 is 9.64 Å². The monoisotopic (exact) mass is 469 g/mol. The van der Waals surface area contributed by atoms with E-state index in [9.17, 15) is 19.8 Å². The number of methoxy groups -OCH3 is 1. The Kier molecular flexibility index (Phi) is 5.82. The number of nitrogens with zero attached hydrogens (tertiary/aromatic N) is 1. The highest BCUT2D eigenvalue weighted by atomic mass is 35.5. The third-order valence-corrected chi connectivity index (χ3v) is 5.56. The van der Waals surface area contributed by atoms with Crippen LogP contribution in [0.4, 0.5) is 5.69 Å². The minimum Gasteiger partial charge on any atom is -0.508 e. The molecule has 0 radical (unpaired) electrons. The molecule has 1 fully saturated rings. The lowest BCUT2D eigenvalue weighted by atomic mass is 9.95. The van der Waals surface area contributed by atoms with E-state index in [1.807, 2.05) is 0 Å². The lowest BCUT2D eigenvalue weighted by Gasteiger charge is -2.26. The minimum atomic E-state index is -0.976. The van der Waals surface area contributed by atoms with Crippen molar-refractivity contribution < 1.29 is 24.5 Å². The van der Waals surface area contributed by atoms with Crippen LogP contribution in [0.15, 0.2) is 72.3 Å². The van der Waals surface area contributed by atoms with Crippen molar-refractivity contribution in [1.29, 1.82) is 0 Å². The molecule has 0 bridgehead atoms. The van der Waals surface area contributed by atoms with Crippen molar-refractivity contribution in [1.82, 2.24) is 0 Å². The number of aliphatic hydroxyl groups is 1. The number of halogens is 2. The molecule has 0 aliphatic carbocycles. The molecule has 0 aromatic heterocycles. The van der Waals surface area contributed by atoms with Gasteiger partial charge in [0.15, 0.2) is 0 Å². The summed E-state index contributed by atoms with van der Waals surface area (Å²) in [7, 11) is 1.48. The second-order valence-electron chi connectivity index (χ2n) is 7.12. The molecule has 3 aromatic carbocycles. The van der Waals surface area contributed by atoms with Crippen LogP contribution in [-0.2, 0) is 9.59 Å². The number of anilines is 1. The predicted molar refractivity (Wildman–Crippen MR) is 122 cm³/mol. The Labute approximate surface area is 193 Å². The van der Waals surface area contributed by atoms with E-state index in [4.69, 9.17) is 27.9 Å². The molecule has 0 spiro atoms. The van der Waals surface area contributed by atoms with Gasteiger partial charge in [0.25, 0.3) is 11.7 Å². The van der Waals surface area contributed by atoms with Crippen LogP contribution in [0.5, 0.6) is 11.5 Å². The highest BCUT2D eigenvalue weighted by Crippen LogP contribution is 2.43. The summed E-state index contributed by atoms with van der Waals surface area (Å²) in [5.74, 6) is -1.56. The van der Waals surface area contributed by atoms with Gasteiger partial charge < -0.3 is 14.9 Å². The number of benzene rings is 3. The highest BCUT2D eigenvalue weighted by Gasteiger charge is 2.47. The molecule has 4 rings (SSSR count). The Morgan fingerprint density at radius 3 is 2.25 bits per heavy atom. The van der Waals surface area contributed by atoms with Gasteiger partial charge in [-0.3, -0.25) is 14.5 Å². The number of ketones is 1. The van der Waals surface area contributed by atoms with Gasteiger partial charge in [-0.15, -0.1) is 0 Å². The number of aromatic hydroxyl groups is 1. The minimum absolute atomic E-state index is 0.0179. The molecule has 0 saturated carbocycles. The average Bonchev–Trinajstić information content (AvgIpc) is 3.04. The molecule has 1 atom stereocenters. The SMILES string of the molecule is COc1cccc(/C(O)=C2\C(=O)C(=O)N(c3cc(Cl)cc(Cl)c3)C2c2ccc(O)cc2)c1. The third-order valence-electron chi connectivity index (χ3n) is 5.12.